The highest BCUT2D eigenvalue weighted by Crippen LogP contribution is 2.24. The average molecular weight is 273 g/mol. The summed E-state index contributed by atoms with van der Waals surface area (Å²) in [6, 6.07) is 5.62. The second kappa shape index (κ2) is 7.08. The SMILES string of the molecule is CCCCC(CC)COc1ncnc2cc(N)ccc12. The molecule has 0 aliphatic rings. The lowest BCUT2D eigenvalue weighted by atomic mass is 10.0. The molecular formula is C16H23N3O. The number of ether oxygens (including phenoxy) is 1. The van der Waals surface area contributed by atoms with Crippen LogP contribution in [0.25, 0.3) is 10.9 Å². The summed E-state index contributed by atoms with van der Waals surface area (Å²) in [4.78, 5) is 8.48. The van der Waals surface area contributed by atoms with E-state index >= 15 is 0 Å². The van der Waals surface area contributed by atoms with Crippen molar-refractivity contribution in [2.45, 2.75) is 39.5 Å². The fourth-order valence-corrected chi connectivity index (χ4v) is 2.26. The van der Waals surface area contributed by atoms with E-state index < -0.39 is 0 Å². The Labute approximate surface area is 120 Å². The van der Waals surface area contributed by atoms with Crippen LogP contribution in [0.4, 0.5) is 5.69 Å². The summed E-state index contributed by atoms with van der Waals surface area (Å²) < 4.78 is 5.92. The molecule has 2 rings (SSSR count). The molecule has 1 heterocycles. The second-order valence-corrected chi connectivity index (χ2v) is 5.18. The number of nitrogen functional groups attached to an aromatic ring is 1. The van der Waals surface area contributed by atoms with Gasteiger partial charge in [0.15, 0.2) is 0 Å². The van der Waals surface area contributed by atoms with Crippen LogP contribution in [-0.2, 0) is 0 Å². The lowest BCUT2D eigenvalue weighted by Gasteiger charge is -2.15. The Balaban J connectivity index is 2.09. The molecule has 4 nitrogen and oxygen atoms in total. The fraction of sp³-hybridized carbons (Fsp3) is 0.500. The summed E-state index contributed by atoms with van der Waals surface area (Å²) in [5, 5.41) is 0.923. The molecule has 1 aromatic carbocycles. The molecule has 0 aliphatic heterocycles. The molecular weight excluding hydrogens is 250 g/mol. The Hall–Kier alpha value is -1.84. The van der Waals surface area contributed by atoms with Gasteiger partial charge in [-0.25, -0.2) is 9.97 Å². The van der Waals surface area contributed by atoms with Crippen LogP contribution in [0.15, 0.2) is 24.5 Å². The number of unbranched alkanes of at least 4 members (excludes halogenated alkanes) is 1. The number of nitrogens with two attached hydrogens (primary N) is 1. The number of rotatable bonds is 7. The van der Waals surface area contributed by atoms with Crippen molar-refractivity contribution in [3.63, 3.8) is 0 Å². The standard InChI is InChI=1S/C16H23N3O/c1-3-5-6-12(4-2)10-20-16-14-8-7-13(17)9-15(14)18-11-19-16/h7-9,11-12H,3-6,10,17H2,1-2H3. The third-order valence-corrected chi connectivity index (χ3v) is 3.62. The topological polar surface area (TPSA) is 61.0 Å². The Bertz CT molecular complexity index is 556. The third-order valence-electron chi connectivity index (χ3n) is 3.62. The van der Waals surface area contributed by atoms with Crippen LogP contribution in [0.2, 0.25) is 0 Å². The smallest absolute Gasteiger partial charge is 0.224 e. The number of benzene rings is 1. The highest BCUT2D eigenvalue weighted by atomic mass is 16.5. The van der Waals surface area contributed by atoms with Gasteiger partial charge in [0.05, 0.1) is 17.5 Å². The van der Waals surface area contributed by atoms with Crippen molar-refractivity contribution < 1.29 is 4.74 Å². The van der Waals surface area contributed by atoms with Gasteiger partial charge in [0.25, 0.3) is 0 Å². The molecule has 2 aromatic rings. The highest BCUT2D eigenvalue weighted by molar-refractivity contribution is 5.85. The number of nitrogens with zero attached hydrogens (tertiary/aromatic N) is 2. The minimum atomic E-state index is 0.591. The first-order valence-electron chi connectivity index (χ1n) is 7.37. The molecule has 0 aliphatic carbocycles. The Kier molecular flexibility index (Phi) is 5.16. The van der Waals surface area contributed by atoms with Crippen LogP contribution in [0.1, 0.15) is 39.5 Å². The van der Waals surface area contributed by atoms with Crippen molar-refractivity contribution >= 4 is 16.6 Å². The van der Waals surface area contributed by atoms with Gasteiger partial charge >= 0.3 is 0 Å². The number of aromatic nitrogens is 2. The first-order valence-corrected chi connectivity index (χ1v) is 7.37. The van der Waals surface area contributed by atoms with E-state index in [9.17, 15) is 0 Å². The molecule has 20 heavy (non-hydrogen) atoms. The Morgan fingerprint density at radius 3 is 2.85 bits per heavy atom. The predicted octanol–water partition coefficient (Wildman–Crippen LogP) is 3.81. The van der Waals surface area contributed by atoms with Crippen molar-refractivity contribution in [1.29, 1.82) is 0 Å². The van der Waals surface area contributed by atoms with Crippen LogP contribution in [0.3, 0.4) is 0 Å². The van der Waals surface area contributed by atoms with Crippen molar-refractivity contribution in [2.75, 3.05) is 12.3 Å². The zero-order chi connectivity index (χ0) is 14.4. The molecule has 0 bridgehead atoms. The normalized spacial score (nSPS) is 12.5. The first-order chi connectivity index (χ1) is 9.74. The molecule has 0 saturated carbocycles. The van der Waals surface area contributed by atoms with Crippen LogP contribution in [0, 0.1) is 5.92 Å². The van der Waals surface area contributed by atoms with E-state index in [0.717, 1.165) is 17.3 Å². The van der Waals surface area contributed by atoms with Crippen LogP contribution >= 0.6 is 0 Å². The molecule has 0 saturated heterocycles. The van der Waals surface area contributed by atoms with E-state index in [4.69, 9.17) is 10.5 Å². The summed E-state index contributed by atoms with van der Waals surface area (Å²) >= 11 is 0. The summed E-state index contributed by atoms with van der Waals surface area (Å²) in [5.41, 5.74) is 7.31. The number of fused-ring (bicyclic) bond motifs is 1. The number of anilines is 1. The number of hydrogen-bond acceptors (Lipinski definition) is 4. The van der Waals surface area contributed by atoms with E-state index in [1.807, 2.05) is 18.2 Å². The molecule has 1 aromatic heterocycles. The van der Waals surface area contributed by atoms with Crippen molar-refractivity contribution in [1.82, 2.24) is 9.97 Å². The lowest BCUT2D eigenvalue weighted by molar-refractivity contribution is 0.228. The van der Waals surface area contributed by atoms with Crippen molar-refractivity contribution in [2.24, 2.45) is 5.92 Å². The van der Waals surface area contributed by atoms with Gasteiger partial charge < -0.3 is 10.5 Å². The number of hydrogen-bond donors (Lipinski definition) is 1. The van der Waals surface area contributed by atoms with E-state index in [-0.39, 0.29) is 0 Å². The molecule has 0 fully saturated rings. The van der Waals surface area contributed by atoms with Gasteiger partial charge in [-0.2, -0.15) is 0 Å². The Morgan fingerprint density at radius 2 is 2.10 bits per heavy atom. The fourth-order valence-electron chi connectivity index (χ4n) is 2.26. The van der Waals surface area contributed by atoms with Gasteiger partial charge in [-0.15, -0.1) is 0 Å². The minimum absolute atomic E-state index is 0.591. The Morgan fingerprint density at radius 1 is 1.25 bits per heavy atom. The third kappa shape index (κ3) is 3.59. The molecule has 2 N–H and O–H groups in total. The van der Waals surface area contributed by atoms with E-state index in [0.29, 0.717) is 24.1 Å². The molecule has 1 atom stereocenters. The zero-order valence-corrected chi connectivity index (χ0v) is 12.3. The molecule has 0 amide bonds. The second-order valence-electron chi connectivity index (χ2n) is 5.18. The maximum atomic E-state index is 5.92. The molecule has 1 unspecified atom stereocenters. The predicted molar refractivity (Wildman–Crippen MR) is 82.8 cm³/mol. The lowest BCUT2D eigenvalue weighted by Crippen LogP contribution is -2.12. The molecule has 0 spiro atoms. The van der Waals surface area contributed by atoms with E-state index in [1.165, 1.54) is 25.6 Å². The summed E-state index contributed by atoms with van der Waals surface area (Å²) in [7, 11) is 0. The molecule has 0 radical (unpaired) electrons. The van der Waals surface area contributed by atoms with Crippen molar-refractivity contribution in [3.05, 3.63) is 24.5 Å². The van der Waals surface area contributed by atoms with Crippen LogP contribution in [0.5, 0.6) is 5.88 Å². The molecule has 4 heteroatoms. The van der Waals surface area contributed by atoms with Gasteiger partial charge in [-0.05, 0) is 30.5 Å². The summed E-state index contributed by atoms with van der Waals surface area (Å²) in [6.07, 6.45) is 6.36. The average Bonchev–Trinajstić information content (AvgIpc) is 2.47. The van der Waals surface area contributed by atoms with E-state index in [2.05, 4.69) is 23.8 Å². The van der Waals surface area contributed by atoms with Crippen LogP contribution in [-0.4, -0.2) is 16.6 Å². The van der Waals surface area contributed by atoms with Gasteiger partial charge in [-0.1, -0.05) is 33.1 Å². The summed E-state index contributed by atoms with van der Waals surface area (Å²) in [6.45, 7) is 5.14. The maximum Gasteiger partial charge on any atom is 0.224 e. The summed E-state index contributed by atoms with van der Waals surface area (Å²) in [5.74, 6) is 1.25. The maximum absolute atomic E-state index is 5.92. The van der Waals surface area contributed by atoms with Gasteiger partial charge in [0.2, 0.25) is 5.88 Å². The monoisotopic (exact) mass is 273 g/mol. The minimum Gasteiger partial charge on any atom is -0.477 e. The van der Waals surface area contributed by atoms with Gasteiger partial charge in [0, 0.05) is 5.69 Å². The molecule has 108 valence electrons. The van der Waals surface area contributed by atoms with Crippen LogP contribution < -0.4 is 10.5 Å². The zero-order valence-electron chi connectivity index (χ0n) is 12.3. The quantitative estimate of drug-likeness (QED) is 0.779. The van der Waals surface area contributed by atoms with Crippen molar-refractivity contribution in [3.8, 4) is 5.88 Å². The largest absolute Gasteiger partial charge is 0.477 e. The highest BCUT2D eigenvalue weighted by Gasteiger charge is 2.10. The van der Waals surface area contributed by atoms with Gasteiger partial charge in [0.1, 0.15) is 6.33 Å². The van der Waals surface area contributed by atoms with E-state index in [1.54, 1.807) is 0 Å². The van der Waals surface area contributed by atoms with Gasteiger partial charge in [-0.3, -0.25) is 0 Å². The first kappa shape index (κ1) is 14.6.